The van der Waals surface area contributed by atoms with Crippen molar-refractivity contribution in [3.63, 3.8) is 0 Å². The molecule has 4 nitrogen and oxygen atoms in total. The molecular weight excluding hydrogens is 294 g/mol. The molecule has 0 unspecified atom stereocenters. The van der Waals surface area contributed by atoms with Crippen LogP contribution in [0.2, 0.25) is 0 Å². The maximum Gasteiger partial charge on any atom is 0.151 e. The Morgan fingerprint density at radius 1 is 1.32 bits per heavy atom. The number of aryl methyl sites for hydroxylation is 2. The Balaban J connectivity index is 2.32. The minimum Gasteiger partial charge on any atom is -0.260 e. The van der Waals surface area contributed by atoms with Crippen LogP contribution >= 0.6 is 0 Å². The van der Waals surface area contributed by atoms with E-state index in [4.69, 9.17) is 0 Å². The van der Waals surface area contributed by atoms with Gasteiger partial charge in [0.2, 0.25) is 0 Å². The summed E-state index contributed by atoms with van der Waals surface area (Å²) in [5, 5.41) is 4.67. The Labute approximate surface area is 135 Å². The van der Waals surface area contributed by atoms with Gasteiger partial charge in [-0.2, -0.15) is 5.10 Å². The first-order chi connectivity index (χ1) is 10.5. The van der Waals surface area contributed by atoms with E-state index in [-0.39, 0.29) is 0 Å². The summed E-state index contributed by atoms with van der Waals surface area (Å²) in [4.78, 5) is 4.68. The number of rotatable bonds is 7. The zero-order valence-electron chi connectivity index (χ0n) is 13.9. The fraction of sp³-hybridized carbons (Fsp3) is 0.529. The summed E-state index contributed by atoms with van der Waals surface area (Å²) >= 11 is 0. The molecule has 0 bridgehead atoms. The van der Waals surface area contributed by atoms with Crippen molar-refractivity contribution < 1.29 is 4.21 Å². The molecule has 1 atom stereocenters. The molecule has 120 valence electrons. The maximum atomic E-state index is 11.7. The molecule has 2 rings (SSSR count). The third-order valence-corrected chi connectivity index (χ3v) is 4.73. The van der Waals surface area contributed by atoms with Crippen LogP contribution in [0.3, 0.4) is 0 Å². The smallest absolute Gasteiger partial charge is 0.151 e. The topological polar surface area (TPSA) is 47.8 Å². The van der Waals surface area contributed by atoms with Crippen LogP contribution in [-0.4, -0.2) is 30.5 Å². The van der Waals surface area contributed by atoms with Crippen molar-refractivity contribution >= 4 is 10.8 Å². The van der Waals surface area contributed by atoms with Crippen molar-refractivity contribution in [2.24, 2.45) is 5.92 Å². The van der Waals surface area contributed by atoms with E-state index in [0.29, 0.717) is 23.8 Å². The number of hydrogen-bond acceptors (Lipinski definition) is 3. The Hall–Kier alpha value is -1.49. The fourth-order valence-corrected chi connectivity index (χ4v) is 3.02. The highest BCUT2D eigenvalue weighted by molar-refractivity contribution is 7.84. The number of hydrogen-bond donors (Lipinski definition) is 0. The quantitative estimate of drug-likeness (QED) is 0.788. The van der Waals surface area contributed by atoms with E-state index in [1.54, 1.807) is 0 Å². The standard InChI is InChI=1S/C17H25N3OS/c1-5-22(21)10-9-17-18-16(11-13(2)3)19-20(17)15-8-6-7-14(4)12-15/h6-8,12-13H,5,9-11H2,1-4H3/t22-/m0/s1. The van der Waals surface area contributed by atoms with Gasteiger partial charge in [0.05, 0.1) is 5.69 Å². The van der Waals surface area contributed by atoms with Gasteiger partial charge in [-0.15, -0.1) is 0 Å². The van der Waals surface area contributed by atoms with Crippen LogP contribution in [0.15, 0.2) is 24.3 Å². The monoisotopic (exact) mass is 319 g/mol. The van der Waals surface area contributed by atoms with E-state index in [9.17, 15) is 4.21 Å². The molecule has 5 heteroatoms. The third-order valence-electron chi connectivity index (χ3n) is 3.43. The van der Waals surface area contributed by atoms with Crippen molar-refractivity contribution in [1.29, 1.82) is 0 Å². The van der Waals surface area contributed by atoms with Gasteiger partial charge in [0.25, 0.3) is 0 Å². The van der Waals surface area contributed by atoms with E-state index in [1.165, 1.54) is 5.56 Å². The molecule has 0 aliphatic carbocycles. The molecule has 0 N–H and O–H groups in total. The van der Waals surface area contributed by atoms with Gasteiger partial charge in [0, 0.05) is 35.1 Å². The van der Waals surface area contributed by atoms with Crippen LogP contribution in [0.5, 0.6) is 0 Å². The van der Waals surface area contributed by atoms with Gasteiger partial charge in [0.1, 0.15) is 5.82 Å². The Morgan fingerprint density at radius 2 is 2.09 bits per heavy atom. The molecule has 0 saturated heterocycles. The minimum absolute atomic E-state index is 0.519. The van der Waals surface area contributed by atoms with Gasteiger partial charge >= 0.3 is 0 Å². The lowest BCUT2D eigenvalue weighted by atomic mass is 10.1. The molecule has 0 radical (unpaired) electrons. The summed E-state index contributed by atoms with van der Waals surface area (Å²) in [5.41, 5.74) is 2.22. The maximum absolute atomic E-state index is 11.7. The fourth-order valence-electron chi connectivity index (χ4n) is 2.32. The highest BCUT2D eigenvalue weighted by atomic mass is 32.2. The Kier molecular flexibility index (Phi) is 5.89. The average Bonchev–Trinajstić information content (AvgIpc) is 2.86. The molecule has 0 fully saturated rings. The molecule has 1 aromatic heterocycles. The third kappa shape index (κ3) is 4.50. The van der Waals surface area contributed by atoms with Crippen LogP contribution in [0.4, 0.5) is 0 Å². The van der Waals surface area contributed by atoms with Crippen molar-refractivity contribution in [3.05, 3.63) is 41.5 Å². The first-order valence-corrected chi connectivity index (χ1v) is 9.35. The second-order valence-corrected chi connectivity index (χ2v) is 7.84. The van der Waals surface area contributed by atoms with Crippen molar-refractivity contribution in [2.45, 2.75) is 40.5 Å². The summed E-state index contributed by atoms with van der Waals surface area (Å²) in [5.74, 6) is 3.63. The Bertz CT molecular complexity index is 649. The summed E-state index contributed by atoms with van der Waals surface area (Å²) in [6, 6.07) is 8.25. The summed E-state index contributed by atoms with van der Waals surface area (Å²) < 4.78 is 13.6. The van der Waals surface area contributed by atoms with E-state index in [2.05, 4.69) is 43.0 Å². The summed E-state index contributed by atoms with van der Waals surface area (Å²) in [7, 11) is -0.779. The second kappa shape index (κ2) is 7.68. The molecule has 22 heavy (non-hydrogen) atoms. The van der Waals surface area contributed by atoms with Gasteiger partial charge in [-0.05, 0) is 30.5 Å². The molecule has 1 aromatic carbocycles. The molecular formula is C17H25N3OS. The number of aromatic nitrogens is 3. The van der Waals surface area contributed by atoms with Crippen LogP contribution in [-0.2, 0) is 23.6 Å². The largest absolute Gasteiger partial charge is 0.260 e. The normalized spacial score (nSPS) is 12.8. The predicted octanol–water partition coefficient (Wildman–Crippen LogP) is 3.09. The molecule has 2 aromatic rings. The molecule has 0 amide bonds. The van der Waals surface area contributed by atoms with Crippen LogP contribution in [0, 0.1) is 12.8 Å². The molecule has 0 spiro atoms. The molecule has 0 aliphatic rings. The molecule has 0 aliphatic heterocycles. The van der Waals surface area contributed by atoms with E-state index in [0.717, 1.165) is 23.8 Å². The second-order valence-electron chi connectivity index (χ2n) is 5.98. The van der Waals surface area contributed by atoms with Gasteiger partial charge in [-0.1, -0.05) is 32.9 Å². The summed E-state index contributed by atoms with van der Waals surface area (Å²) in [6.45, 7) is 8.35. The highest BCUT2D eigenvalue weighted by Crippen LogP contribution is 2.14. The van der Waals surface area contributed by atoms with E-state index in [1.807, 2.05) is 23.7 Å². The van der Waals surface area contributed by atoms with Crippen molar-refractivity contribution in [3.8, 4) is 5.69 Å². The number of nitrogens with zero attached hydrogens (tertiary/aromatic N) is 3. The molecule has 0 saturated carbocycles. The lowest BCUT2D eigenvalue weighted by Gasteiger charge is -2.06. The van der Waals surface area contributed by atoms with E-state index >= 15 is 0 Å². The average molecular weight is 319 g/mol. The zero-order valence-corrected chi connectivity index (χ0v) is 14.7. The van der Waals surface area contributed by atoms with E-state index < -0.39 is 10.8 Å². The van der Waals surface area contributed by atoms with Crippen LogP contribution in [0.25, 0.3) is 5.69 Å². The van der Waals surface area contributed by atoms with Gasteiger partial charge in [0.15, 0.2) is 5.82 Å². The first-order valence-electron chi connectivity index (χ1n) is 7.86. The summed E-state index contributed by atoms with van der Waals surface area (Å²) in [6.07, 6.45) is 1.56. The lowest BCUT2D eigenvalue weighted by Crippen LogP contribution is -2.09. The zero-order chi connectivity index (χ0) is 16.1. The lowest BCUT2D eigenvalue weighted by molar-refractivity contribution is 0.618. The predicted molar refractivity (Wildman–Crippen MR) is 91.9 cm³/mol. The Morgan fingerprint density at radius 3 is 2.73 bits per heavy atom. The van der Waals surface area contributed by atoms with Crippen molar-refractivity contribution in [2.75, 3.05) is 11.5 Å². The van der Waals surface area contributed by atoms with Crippen LogP contribution < -0.4 is 0 Å². The first kappa shape index (κ1) is 16.9. The van der Waals surface area contributed by atoms with Gasteiger partial charge < -0.3 is 0 Å². The van der Waals surface area contributed by atoms with Crippen LogP contribution in [0.1, 0.15) is 38.0 Å². The van der Waals surface area contributed by atoms with Gasteiger partial charge in [-0.25, -0.2) is 9.67 Å². The van der Waals surface area contributed by atoms with Gasteiger partial charge in [-0.3, -0.25) is 4.21 Å². The highest BCUT2D eigenvalue weighted by Gasteiger charge is 2.13. The SMILES string of the molecule is CC[S@](=O)CCc1nc(CC(C)C)nn1-c1cccc(C)c1. The van der Waals surface area contributed by atoms with Crippen molar-refractivity contribution in [1.82, 2.24) is 14.8 Å². The number of benzene rings is 1. The minimum atomic E-state index is -0.779. The molecule has 1 heterocycles.